The van der Waals surface area contributed by atoms with Gasteiger partial charge in [0.1, 0.15) is 5.60 Å². The third-order valence-electron chi connectivity index (χ3n) is 6.25. The zero-order valence-electron chi connectivity index (χ0n) is 17.9. The Labute approximate surface area is 191 Å². The maximum Gasteiger partial charge on any atom is 0.233 e. The molecule has 0 unspecified atom stereocenters. The molecule has 0 aliphatic heterocycles. The Morgan fingerprint density at radius 2 is 0.879 bits per heavy atom. The first-order valence-corrected chi connectivity index (χ1v) is 10.9. The normalized spacial score (nSPS) is 11.7. The van der Waals surface area contributed by atoms with Crippen molar-refractivity contribution in [1.29, 1.82) is 0 Å². The average molecular weight is 431 g/mol. The third kappa shape index (κ3) is 3.43. The van der Waals surface area contributed by atoms with Gasteiger partial charge < -0.3 is 5.11 Å². The molecule has 0 heterocycles. The highest BCUT2D eigenvalue weighted by atomic mass is 16.3. The van der Waals surface area contributed by atoms with E-state index in [1.54, 1.807) is 24.3 Å². The molecule has 0 aromatic heterocycles. The van der Waals surface area contributed by atoms with Crippen molar-refractivity contribution in [2.45, 2.75) is 11.5 Å². The highest BCUT2D eigenvalue weighted by Gasteiger charge is 2.44. The largest absolute Gasteiger partial charge is 0.376 e. The molecule has 0 fully saturated rings. The first kappa shape index (κ1) is 20.8. The van der Waals surface area contributed by atoms with E-state index in [9.17, 15) is 14.7 Å². The Morgan fingerprint density at radius 1 is 0.515 bits per heavy atom. The van der Waals surface area contributed by atoms with Crippen LogP contribution in [0, 0.1) is 0 Å². The average Bonchev–Trinajstić information content (AvgIpc) is 2.90. The quantitative estimate of drug-likeness (QED) is 0.396. The summed E-state index contributed by atoms with van der Waals surface area (Å²) in [4.78, 5) is 26.3. The molecule has 0 saturated heterocycles. The zero-order valence-corrected chi connectivity index (χ0v) is 17.9. The summed E-state index contributed by atoms with van der Waals surface area (Å²) in [6.07, 6.45) is 0. The van der Waals surface area contributed by atoms with E-state index < -0.39 is 22.4 Å². The second kappa shape index (κ2) is 8.45. The number of aliphatic hydroxyl groups is 1. The van der Waals surface area contributed by atoms with Gasteiger partial charge in [-0.2, -0.15) is 0 Å². The van der Waals surface area contributed by atoms with Gasteiger partial charge in [0.15, 0.2) is 0 Å². The number of hydrogen-bond acceptors (Lipinski definition) is 3. The molecule has 0 saturated carbocycles. The molecule has 3 nitrogen and oxygen atoms in total. The molecule has 0 aliphatic carbocycles. The van der Waals surface area contributed by atoms with Crippen LogP contribution in [0.1, 0.15) is 39.3 Å². The topological polar surface area (TPSA) is 54.4 Å². The number of benzene rings is 4. The van der Waals surface area contributed by atoms with Crippen LogP contribution in [0.5, 0.6) is 0 Å². The van der Waals surface area contributed by atoms with Crippen molar-refractivity contribution in [2.75, 3.05) is 0 Å². The standard InChI is InChI=1S/C30H22O3/c31-28-26(25(21-13-5-1-6-14-21)22-15-7-2-8-16-22)27(29(28)32)30(33,23-17-9-3-10-18-23)24-19-11-4-12-20-24/h1-20,25,33H. The molecular formula is C30H22O3. The van der Waals surface area contributed by atoms with E-state index in [0.29, 0.717) is 16.7 Å². The van der Waals surface area contributed by atoms with Crippen LogP contribution < -0.4 is 10.9 Å². The Hall–Kier alpha value is -4.08. The van der Waals surface area contributed by atoms with Crippen molar-refractivity contribution < 1.29 is 5.11 Å². The molecule has 3 heteroatoms. The van der Waals surface area contributed by atoms with Crippen molar-refractivity contribution in [2.24, 2.45) is 0 Å². The molecule has 0 radical (unpaired) electrons. The monoisotopic (exact) mass is 430 g/mol. The van der Waals surface area contributed by atoms with E-state index in [0.717, 1.165) is 11.1 Å². The van der Waals surface area contributed by atoms with Gasteiger partial charge in [-0.25, -0.2) is 0 Å². The van der Waals surface area contributed by atoms with Gasteiger partial charge in [0.05, 0.1) is 5.56 Å². The second-order valence-electron chi connectivity index (χ2n) is 8.14. The molecule has 0 bridgehead atoms. The van der Waals surface area contributed by atoms with Crippen LogP contribution in [0.2, 0.25) is 0 Å². The summed E-state index contributed by atoms with van der Waals surface area (Å²) in [6, 6.07) is 37.4. The van der Waals surface area contributed by atoms with Crippen molar-refractivity contribution in [3.63, 3.8) is 0 Å². The van der Waals surface area contributed by atoms with E-state index in [1.807, 2.05) is 97.1 Å². The summed E-state index contributed by atoms with van der Waals surface area (Å²) in [7, 11) is 0. The second-order valence-corrected chi connectivity index (χ2v) is 8.14. The van der Waals surface area contributed by atoms with Crippen LogP contribution >= 0.6 is 0 Å². The lowest BCUT2D eigenvalue weighted by Crippen LogP contribution is -2.50. The Bertz CT molecular complexity index is 1350. The first-order chi connectivity index (χ1) is 16.1. The highest BCUT2D eigenvalue weighted by Crippen LogP contribution is 2.41. The molecule has 1 N–H and O–H groups in total. The van der Waals surface area contributed by atoms with Gasteiger partial charge in [-0.15, -0.1) is 0 Å². The lowest BCUT2D eigenvalue weighted by Gasteiger charge is -2.34. The lowest BCUT2D eigenvalue weighted by atomic mass is 9.70. The number of hydrogen-bond donors (Lipinski definition) is 1. The summed E-state index contributed by atoms with van der Waals surface area (Å²) >= 11 is 0. The van der Waals surface area contributed by atoms with E-state index in [1.165, 1.54) is 0 Å². The number of rotatable bonds is 6. The van der Waals surface area contributed by atoms with Crippen molar-refractivity contribution in [3.8, 4) is 0 Å². The molecule has 5 rings (SSSR count). The van der Waals surface area contributed by atoms with Crippen molar-refractivity contribution in [3.05, 3.63) is 175 Å². The Morgan fingerprint density at radius 3 is 1.27 bits per heavy atom. The molecule has 5 aromatic rings. The van der Waals surface area contributed by atoms with Crippen LogP contribution in [-0.2, 0) is 5.60 Å². The van der Waals surface area contributed by atoms with Gasteiger partial charge in [-0.3, -0.25) is 9.59 Å². The molecule has 0 amide bonds. The summed E-state index contributed by atoms with van der Waals surface area (Å²) in [5.41, 5.74) is 0.417. The van der Waals surface area contributed by atoms with Crippen LogP contribution in [-0.4, -0.2) is 5.11 Å². The summed E-state index contributed by atoms with van der Waals surface area (Å²) in [5.74, 6) is -0.466. The van der Waals surface area contributed by atoms with Gasteiger partial charge in [0, 0.05) is 11.5 Å². The first-order valence-electron chi connectivity index (χ1n) is 10.9. The predicted octanol–water partition coefficient (Wildman–Crippen LogP) is 4.75. The van der Waals surface area contributed by atoms with Crippen molar-refractivity contribution in [1.82, 2.24) is 0 Å². The molecule has 0 aliphatic rings. The SMILES string of the molecule is O=c1c(C(c2ccccc2)c2ccccc2)c(C(O)(c2ccccc2)c2ccccc2)c1=O. The van der Waals surface area contributed by atoms with Gasteiger partial charge >= 0.3 is 0 Å². The van der Waals surface area contributed by atoms with Gasteiger partial charge in [-0.1, -0.05) is 121 Å². The van der Waals surface area contributed by atoms with Crippen molar-refractivity contribution >= 4 is 0 Å². The minimum atomic E-state index is -1.75. The van der Waals surface area contributed by atoms with Gasteiger partial charge in [0.25, 0.3) is 0 Å². The Kier molecular flexibility index (Phi) is 5.33. The van der Waals surface area contributed by atoms with Crippen LogP contribution in [0.3, 0.4) is 0 Å². The van der Waals surface area contributed by atoms with Crippen LogP contribution in [0.25, 0.3) is 0 Å². The van der Waals surface area contributed by atoms with E-state index >= 15 is 0 Å². The smallest absolute Gasteiger partial charge is 0.233 e. The molecular weight excluding hydrogens is 408 g/mol. The van der Waals surface area contributed by atoms with Crippen LogP contribution in [0.15, 0.2) is 131 Å². The fourth-order valence-electron chi connectivity index (χ4n) is 4.67. The summed E-state index contributed by atoms with van der Waals surface area (Å²) in [5, 5.41) is 12.2. The molecule has 0 spiro atoms. The zero-order chi connectivity index (χ0) is 22.8. The van der Waals surface area contributed by atoms with Gasteiger partial charge in [0.2, 0.25) is 10.9 Å². The molecule has 5 aromatic carbocycles. The highest BCUT2D eigenvalue weighted by molar-refractivity contribution is 5.57. The predicted molar refractivity (Wildman–Crippen MR) is 130 cm³/mol. The van der Waals surface area contributed by atoms with Crippen LogP contribution in [0.4, 0.5) is 0 Å². The molecule has 0 atom stereocenters. The fourth-order valence-corrected chi connectivity index (χ4v) is 4.67. The maximum atomic E-state index is 13.2. The van der Waals surface area contributed by atoms with E-state index in [-0.39, 0.29) is 5.56 Å². The van der Waals surface area contributed by atoms with Gasteiger partial charge in [-0.05, 0) is 22.3 Å². The summed E-state index contributed by atoms with van der Waals surface area (Å²) < 4.78 is 0. The summed E-state index contributed by atoms with van der Waals surface area (Å²) in [6.45, 7) is 0. The van der Waals surface area contributed by atoms with E-state index in [4.69, 9.17) is 0 Å². The minimum absolute atomic E-state index is 0.141. The third-order valence-corrected chi connectivity index (χ3v) is 6.25. The maximum absolute atomic E-state index is 13.2. The Balaban J connectivity index is 1.81. The molecule has 33 heavy (non-hydrogen) atoms. The lowest BCUT2D eigenvalue weighted by molar-refractivity contribution is 0.121. The van der Waals surface area contributed by atoms with E-state index in [2.05, 4.69) is 0 Å². The minimum Gasteiger partial charge on any atom is -0.376 e. The fraction of sp³-hybridized carbons (Fsp3) is 0.0667. The molecule has 160 valence electrons.